The molecule has 0 saturated heterocycles. The topological polar surface area (TPSA) is 37.3 Å². The minimum atomic E-state index is -1.87. The molecule has 1 aliphatic heterocycles. The number of benzene rings is 1. The highest BCUT2D eigenvalue weighted by atomic mass is 32.3. The van der Waals surface area contributed by atoms with Gasteiger partial charge in [0.25, 0.3) is 0 Å². The van der Waals surface area contributed by atoms with Gasteiger partial charge in [-0.1, -0.05) is 56.0 Å². The molecule has 1 atom stereocenters. The molecule has 1 aliphatic carbocycles. The molecule has 21 heavy (non-hydrogen) atoms. The molecule has 0 spiro atoms. The largest absolute Gasteiger partial charge is 0.351 e. The van der Waals surface area contributed by atoms with Gasteiger partial charge in [0.1, 0.15) is 0 Å². The normalized spacial score (nSPS) is 22.0. The molecule has 1 aromatic rings. The van der Waals surface area contributed by atoms with Gasteiger partial charge in [-0.05, 0) is 23.1 Å². The summed E-state index contributed by atoms with van der Waals surface area (Å²) in [6.07, 6.45) is 4.68. The summed E-state index contributed by atoms with van der Waals surface area (Å²) in [6, 6.07) is 8.25. The Morgan fingerprint density at radius 3 is 2.71 bits per heavy atom. The van der Waals surface area contributed by atoms with Crippen LogP contribution in [-0.4, -0.2) is 27.1 Å². The molecule has 1 unspecified atom stereocenters. The molecular weight excluding hydrogens is 300 g/mol. The third-order valence-corrected chi connectivity index (χ3v) is 8.84. The highest BCUT2D eigenvalue weighted by Crippen LogP contribution is 2.52. The van der Waals surface area contributed by atoms with Crippen LogP contribution in [0.5, 0.6) is 0 Å². The van der Waals surface area contributed by atoms with Crippen LogP contribution in [-0.2, 0) is 11.2 Å². The van der Waals surface area contributed by atoms with Crippen LogP contribution in [0.25, 0.3) is 0 Å². The molecule has 1 N–H and O–H groups in total. The van der Waals surface area contributed by atoms with Gasteiger partial charge < -0.3 is 4.55 Å². The van der Waals surface area contributed by atoms with Crippen molar-refractivity contribution < 1.29 is 9.35 Å². The molecule has 0 saturated carbocycles. The maximum absolute atomic E-state index is 12.9. The predicted octanol–water partition coefficient (Wildman–Crippen LogP) is 4.41. The molecule has 3 rings (SSSR count). The Kier molecular flexibility index (Phi) is 4.04. The van der Waals surface area contributed by atoms with Crippen molar-refractivity contribution in [3.63, 3.8) is 0 Å². The Hall–Kier alpha value is -0.970. The van der Waals surface area contributed by atoms with E-state index >= 15 is 0 Å². The maximum atomic E-state index is 12.9. The first kappa shape index (κ1) is 14.9. The predicted molar refractivity (Wildman–Crippen MR) is 92.3 cm³/mol. The number of carbonyl (C=O) groups excluding carboxylic acids is 1. The molecular formula is C17H20O2S2. The van der Waals surface area contributed by atoms with E-state index in [-0.39, 0.29) is 11.0 Å². The van der Waals surface area contributed by atoms with Gasteiger partial charge in [0.2, 0.25) is 0 Å². The quantitative estimate of drug-likeness (QED) is 0.896. The minimum Gasteiger partial charge on any atom is -0.351 e. The Morgan fingerprint density at radius 2 is 2.00 bits per heavy atom. The Bertz CT molecular complexity index is 642. The highest BCUT2D eigenvalue weighted by molar-refractivity contribution is 8.30. The Labute approximate surface area is 131 Å². The highest BCUT2D eigenvalue weighted by Gasteiger charge is 2.38. The van der Waals surface area contributed by atoms with Crippen LogP contribution in [0.2, 0.25) is 0 Å². The van der Waals surface area contributed by atoms with E-state index in [1.165, 1.54) is 10.5 Å². The van der Waals surface area contributed by atoms with E-state index < -0.39 is 10.3 Å². The lowest BCUT2D eigenvalue weighted by atomic mass is 9.95. The number of hydrogen-bond acceptors (Lipinski definition) is 3. The van der Waals surface area contributed by atoms with Gasteiger partial charge in [0, 0.05) is 21.8 Å². The molecule has 2 aliphatic rings. The summed E-state index contributed by atoms with van der Waals surface area (Å²) in [7, 11) is -1.87. The van der Waals surface area contributed by atoms with Gasteiger partial charge in [-0.25, -0.2) is 0 Å². The standard InChI is InChI=1S/C17H20O2S2/c1-3-21(19,4-2)16-10-9-15-13(17(16)18)11-12-7-5-6-8-14(12)20-15/h5-10,16,19H,3-4,11H2,1-2H3. The number of rotatable bonds is 3. The van der Waals surface area contributed by atoms with Gasteiger partial charge in [-0.2, -0.15) is 0 Å². The van der Waals surface area contributed by atoms with Crippen molar-refractivity contribution in [1.29, 1.82) is 0 Å². The summed E-state index contributed by atoms with van der Waals surface area (Å²) < 4.78 is 10.8. The van der Waals surface area contributed by atoms with E-state index in [1.54, 1.807) is 11.8 Å². The monoisotopic (exact) mass is 320 g/mol. The van der Waals surface area contributed by atoms with Crippen LogP contribution < -0.4 is 0 Å². The molecule has 0 bridgehead atoms. The fourth-order valence-corrected chi connectivity index (χ4v) is 6.03. The molecule has 0 fully saturated rings. The van der Waals surface area contributed by atoms with Crippen molar-refractivity contribution in [3.05, 3.63) is 52.5 Å². The average Bonchev–Trinajstić information content (AvgIpc) is 2.53. The molecule has 0 aromatic heterocycles. The number of allylic oxidation sites excluding steroid dienone is 2. The lowest BCUT2D eigenvalue weighted by Crippen LogP contribution is -2.33. The first-order chi connectivity index (χ1) is 10.1. The molecule has 1 heterocycles. The molecule has 0 amide bonds. The van der Waals surface area contributed by atoms with Gasteiger partial charge in [-0.15, -0.1) is 10.3 Å². The molecule has 1 aromatic carbocycles. The lowest BCUT2D eigenvalue weighted by Gasteiger charge is -2.40. The third-order valence-electron chi connectivity index (χ3n) is 4.31. The number of hydrogen-bond donors (Lipinski definition) is 1. The summed E-state index contributed by atoms with van der Waals surface area (Å²) in [5.41, 5.74) is 2.11. The first-order valence-electron chi connectivity index (χ1n) is 7.30. The molecule has 0 radical (unpaired) electrons. The van der Waals surface area contributed by atoms with Crippen LogP contribution in [0.4, 0.5) is 0 Å². The van der Waals surface area contributed by atoms with E-state index in [9.17, 15) is 9.35 Å². The fraction of sp³-hybridized carbons (Fsp3) is 0.353. The second-order valence-corrected chi connectivity index (χ2v) is 9.90. The van der Waals surface area contributed by atoms with E-state index in [0.29, 0.717) is 17.9 Å². The first-order valence-corrected chi connectivity index (χ1v) is 10.1. The smallest absolute Gasteiger partial charge is 0.177 e. The zero-order valence-corrected chi connectivity index (χ0v) is 14.0. The van der Waals surface area contributed by atoms with Gasteiger partial charge in [0.05, 0.1) is 5.25 Å². The zero-order chi connectivity index (χ0) is 15.0. The Balaban J connectivity index is 1.94. The lowest BCUT2D eigenvalue weighted by molar-refractivity contribution is -0.114. The van der Waals surface area contributed by atoms with Crippen LogP contribution >= 0.6 is 22.1 Å². The zero-order valence-electron chi connectivity index (χ0n) is 12.3. The maximum Gasteiger partial charge on any atom is 0.177 e. The second-order valence-electron chi connectivity index (χ2n) is 5.35. The summed E-state index contributed by atoms with van der Waals surface area (Å²) in [6.45, 7) is 3.96. The van der Waals surface area contributed by atoms with Crippen molar-refractivity contribution >= 4 is 27.9 Å². The van der Waals surface area contributed by atoms with Crippen molar-refractivity contribution in [3.8, 4) is 0 Å². The van der Waals surface area contributed by atoms with Crippen molar-refractivity contribution in [2.75, 3.05) is 11.5 Å². The summed E-state index contributed by atoms with van der Waals surface area (Å²) in [5.74, 6) is 1.49. The van der Waals surface area contributed by atoms with Crippen LogP contribution in [0.3, 0.4) is 0 Å². The number of fused-ring (bicyclic) bond motifs is 1. The molecule has 112 valence electrons. The second kappa shape index (κ2) is 5.67. The van der Waals surface area contributed by atoms with Gasteiger partial charge in [-0.3, -0.25) is 4.79 Å². The Morgan fingerprint density at radius 1 is 1.29 bits per heavy atom. The van der Waals surface area contributed by atoms with E-state index in [0.717, 1.165) is 10.5 Å². The van der Waals surface area contributed by atoms with Crippen LogP contribution in [0, 0.1) is 0 Å². The number of Topliss-reactive ketones (excluding diaryl/α,β-unsaturated/α-hetero) is 1. The number of ketones is 1. The van der Waals surface area contributed by atoms with Crippen LogP contribution in [0.1, 0.15) is 19.4 Å². The number of carbonyl (C=O) groups is 1. The SMILES string of the molecule is CCS(O)(CC)C1C=CC2=C(Cc3ccccc3S2)C1=O. The minimum absolute atomic E-state index is 0.135. The van der Waals surface area contributed by atoms with Crippen molar-refractivity contribution in [2.24, 2.45) is 0 Å². The van der Waals surface area contributed by atoms with E-state index in [1.807, 2.05) is 38.1 Å². The molecule has 2 nitrogen and oxygen atoms in total. The summed E-state index contributed by atoms with van der Waals surface area (Å²) in [4.78, 5) is 15.2. The van der Waals surface area contributed by atoms with E-state index in [4.69, 9.17) is 0 Å². The van der Waals surface area contributed by atoms with Crippen LogP contribution in [0.15, 0.2) is 51.8 Å². The summed E-state index contributed by atoms with van der Waals surface area (Å²) >= 11 is 1.67. The average molecular weight is 320 g/mol. The van der Waals surface area contributed by atoms with Crippen molar-refractivity contribution in [2.45, 2.75) is 30.4 Å². The van der Waals surface area contributed by atoms with E-state index in [2.05, 4.69) is 12.1 Å². The van der Waals surface area contributed by atoms with Gasteiger partial charge >= 0.3 is 0 Å². The summed E-state index contributed by atoms with van der Waals surface area (Å²) in [5, 5.41) is -0.322. The van der Waals surface area contributed by atoms with Crippen molar-refractivity contribution in [1.82, 2.24) is 0 Å². The number of thioether (sulfide) groups is 1. The third kappa shape index (κ3) is 2.50. The fourth-order valence-electron chi connectivity index (χ4n) is 2.89. The van der Waals surface area contributed by atoms with Gasteiger partial charge in [0.15, 0.2) is 5.78 Å². The molecule has 4 heteroatoms.